The quantitative estimate of drug-likeness (QED) is 0.627. The van der Waals surface area contributed by atoms with Crippen molar-refractivity contribution >= 4 is 21.4 Å². The van der Waals surface area contributed by atoms with E-state index in [2.05, 4.69) is 5.10 Å². The van der Waals surface area contributed by atoms with E-state index in [9.17, 15) is 17.6 Å². The summed E-state index contributed by atoms with van der Waals surface area (Å²) in [6.07, 6.45) is 0.121. The largest absolute Gasteiger partial charge is 0.489 e. The summed E-state index contributed by atoms with van der Waals surface area (Å²) in [5, 5.41) is 3.27. The minimum atomic E-state index is -4.31. The van der Waals surface area contributed by atoms with Gasteiger partial charge >= 0.3 is 0 Å². The molecule has 0 saturated heterocycles. The summed E-state index contributed by atoms with van der Waals surface area (Å²) >= 11 is 5.93. The molecule has 6 nitrogen and oxygen atoms in total. The van der Waals surface area contributed by atoms with E-state index in [1.54, 1.807) is 0 Å². The smallest absolute Gasteiger partial charge is 0.270 e. The van der Waals surface area contributed by atoms with Crippen molar-refractivity contribution in [3.05, 3.63) is 80.2 Å². The second-order valence-corrected chi connectivity index (χ2v) is 10.5. The topological polar surface area (TPSA) is 81.2 Å². The van der Waals surface area contributed by atoms with Gasteiger partial charge in [-0.3, -0.25) is 14.6 Å². The van der Waals surface area contributed by atoms with Gasteiger partial charge in [0.2, 0.25) is 0 Å². The SMILES string of the molecule is Cn1[nH]c2c(c1=O)[C@@H]1COc3c(F)ccc(F)c3[C@]1(S(=O)(=O)c1ccc(Cl)cc1)CC2. The number of rotatable bonds is 2. The summed E-state index contributed by atoms with van der Waals surface area (Å²) in [5.41, 5.74) is 0.00994. The minimum absolute atomic E-state index is 0.0493. The van der Waals surface area contributed by atoms with E-state index in [1.165, 1.54) is 36.0 Å². The van der Waals surface area contributed by atoms with Crippen LogP contribution in [-0.4, -0.2) is 24.8 Å². The van der Waals surface area contributed by atoms with Crippen molar-refractivity contribution in [1.29, 1.82) is 0 Å². The Hall–Kier alpha value is -2.65. The van der Waals surface area contributed by atoms with Crippen LogP contribution < -0.4 is 10.3 Å². The fourth-order valence-electron chi connectivity index (χ4n) is 4.92. The molecule has 162 valence electrons. The highest BCUT2D eigenvalue weighted by Crippen LogP contribution is 2.58. The van der Waals surface area contributed by atoms with Crippen LogP contribution >= 0.6 is 11.6 Å². The molecule has 0 unspecified atom stereocenters. The number of ether oxygens (including phenoxy) is 1. The Balaban J connectivity index is 1.89. The predicted octanol–water partition coefficient (Wildman–Crippen LogP) is 3.44. The van der Waals surface area contributed by atoms with Gasteiger partial charge in [-0.1, -0.05) is 11.6 Å². The molecule has 0 saturated carbocycles. The number of nitrogens with one attached hydrogen (secondary N) is 1. The fraction of sp³-hybridized carbons (Fsp3) is 0.286. The maximum absolute atomic E-state index is 15.2. The maximum Gasteiger partial charge on any atom is 0.270 e. The molecule has 2 aromatic carbocycles. The minimum Gasteiger partial charge on any atom is -0.489 e. The predicted molar refractivity (Wildman–Crippen MR) is 109 cm³/mol. The van der Waals surface area contributed by atoms with Crippen molar-refractivity contribution in [3.63, 3.8) is 0 Å². The zero-order valence-corrected chi connectivity index (χ0v) is 17.9. The van der Waals surface area contributed by atoms with Crippen LogP contribution in [-0.2, 0) is 28.1 Å². The number of aryl methyl sites for hydroxylation is 2. The van der Waals surface area contributed by atoms with Gasteiger partial charge in [-0.15, -0.1) is 0 Å². The number of benzene rings is 2. The highest BCUT2D eigenvalue weighted by atomic mass is 35.5. The summed E-state index contributed by atoms with van der Waals surface area (Å²) in [6.45, 7) is -0.277. The van der Waals surface area contributed by atoms with Gasteiger partial charge in [0.1, 0.15) is 10.6 Å². The van der Waals surface area contributed by atoms with Gasteiger partial charge in [-0.25, -0.2) is 17.2 Å². The molecule has 1 aromatic heterocycles. The lowest BCUT2D eigenvalue weighted by atomic mass is 9.72. The van der Waals surface area contributed by atoms with Crippen LogP contribution in [0.1, 0.15) is 29.2 Å². The Bertz CT molecular complexity index is 1380. The zero-order valence-electron chi connectivity index (χ0n) is 16.3. The Labute approximate surface area is 181 Å². The highest BCUT2D eigenvalue weighted by Gasteiger charge is 2.61. The first-order valence-electron chi connectivity index (χ1n) is 9.57. The van der Waals surface area contributed by atoms with Gasteiger partial charge in [0.15, 0.2) is 21.4 Å². The van der Waals surface area contributed by atoms with Crippen molar-refractivity contribution in [1.82, 2.24) is 9.78 Å². The Morgan fingerprint density at radius 1 is 1.16 bits per heavy atom. The van der Waals surface area contributed by atoms with Crippen molar-refractivity contribution < 1.29 is 21.9 Å². The molecule has 2 aliphatic rings. The molecular formula is C21H17ClF2N2O4S. The third kappa shape index (κ3) is 2.59. The van der Waals surface area contributed by atoms with Crippen molar-refractivity contribution in [2.75, 3.05) is 6.61 Å². The Kier molecular flexibility index (Phi) is 4.36. The van der Waals surface area contributed by atoms with Crippen molar-refractivity contribution in [2.24, 2.45) is 7.05 Å². The monoisotopic (exact) mass is 466 g/mol. The standard InChI is InChI=1S/C21H17ClF2N2O4S/c1-26-20(27)17-13-10-30-19-15(24)7-6-14(23)18(19)21(13,9-8-16(17)25-26)31(28,29)12-4-2-11(22)3-5-12/h2-7,13,25H,8-10H2,1H3/t13-,21-/m0/s1. The first kappa shape index (κ1) is 20.3. The number of H-pyrrole nitrogens is 1. The number of hydrogen-bond acceptors (Lipinski definition) is 4. The first-order chi connectivity index (χ1) is 14.7. The number of nitrogens with zero attached hydrogens (tertiary/aromatic N) is 1. The molecule has 10 heteroatoms. The molecule has 5 rings (SSSR count). The van der Waals surface area contributed by atoms with Crippen LogP contribution in [0.15, 0.2) is 46.1 Å². The van der Waals surface area contributed by atoms with Gasteiger partial charge in [-0.2, -0.15) is 0 Å². The lowest BCUT2D eigenvalue weighted by molar-refractivity contribution is 0.191. The van der Waals surface area contributed by atoms with E-state index in [-0.39, 0.29) is 35.5 Å². The van der Waals surface area contributed by atoms with E-state index < -0.39 is 43.4 Å². The highest BCUT2D eigenvalue weighted by molar-refractivity contribution is 7.92. The van der Waals surface area contributed by atoms with Gasteiger partial charge in [0, 0.05) is 29.2 Å². The average Bonchev–Trinajstić information content (AvgIpc) is 3.04. The van der Waals surface area contributed by atoms with Gasteiger partial charge in [-0.05, 0) is 49.2 Å². The summed E-state index contributed by atoms with van der Waals surface area (Å²) in [5.74, 6) is -3.20. The van der Waals surface area contributed by atoms with Gasteiger partial charge in [0.05, 0.1) is 17.1 Å². The molecule has 1 N–H and O–H groups in total. The molecule has 1 aliphatic carbocycles. The number of fused-ring (bicyclic) bond motifs is 5. The normalized spacial score (nSPS) is 22.3. The van der Waals surface area contributed by atoms with Crippen LogP contribution in [0.3, 0.4) is 0 Å². The molecule has 0 amide bonds. The van der Waals surface area contributed by atoms with E-state index in [0.717, 1.165) is 12.1 Å². The Morgan fingerprint density at radius 3 is 2.55 bits per heavy atom. The van der Waals surface area contributed by atoms with E-state index in [0.29, 0.717) is 10.7 Å². The second kappa shape index (κ2) is 6.67. The molecule has 0 bridgehead atoms. The van der Waals surface area contributed by atoms with Crippen LogP contribution in [0.2, 0.25) is 5.02 Å². The van der Waals surface area contributed by atoms with Crippen LogP contribution in [0, 0.1) is 11.6 Å². The molecule has 2 atom stereocenters. The average molecular weight is 467 g/mol. The summed E-state index contributed by atoms with van der Waals surface area (Å²) in [7, 11) is -2.79. The van der Waals surface area contributed by atoms with Crippen molar-refractivity contribution in [3.8, 4) is 5.75 Å². The molecule has 2 heterocycles. The first-order valence-corrected chi connectivity index (χ1v) is 11.4. The molecule has 1 aliphatic heterocycles. The number of hydrogen-bond donors (Lipinski definition) is 1. The van der Waals surface area contributed by atoms with E-state index in [4.69, 9.17) is 16.3 Å². The molecule has 31 heavy (non-hydrogen) atoms. The maximum atomic E-state index is 15.2. The number of halogens is 3. The summed E-state index contributed by atoms with van der Waals surface area (Å²) in [4.78, 5) is 12.8. The van der Waals surface area contributed by atoms with E-state index in [1.807, 2.05) is 0 Å². The van der Waals surface area contributed by atoms with Crippen LogP contribution in [0.5, 0.6) is 5.75 Å². The number of aromatic nitrogens is 2. The Morgan fingerprint density at radius 2 is 1.84 bits per heavy atom. The van der Waals surface area contributed by atoms with Crippen LogP contribution in [0.25, 0.3) is 0 Å². The van der Waals surface area contributed by atoms with Gasteiger partial charge < -0.3 is 4.74 Å². The number of sulfone groups is 1. The van der Waals surface area contributed by atoms with Crippen LogP contribution in [0.4, 0.5) is 8.78 Å². The lowest BCUT2D eigenvalue weighted by Crippen LogP contribution is -2.51. The summed E-state index contributed by atoms with van der Waals surface area (Å²) in [6, 6.07) is 7.31. The molecule has 3 aromatic rings. The fourth-order valence-corrected chi connectivity index (χ4v) is 7.35. The lowest BCUT2D eigenvalue weighted by Gasteiger charge is -2.46. The van der Waals surface area contributed by atoms with Crippen molar-refractivity contribution in [2.45, 2.75) is 28.4 Å². The molecule has 0 fully saturated rings. The summed E-state index contributed by atoms with van der Waals surface area (Å²) < 4.78 is 62.9. The molecule has 0 spiro atoms. The third-order valence-electron chi connectivity index (χ3n) is 6.30. The second-order valence-electron chi connectivity index (χ2n) is 7.81. The van der Waals surface area contributed by atoms with Gasteiger partial charge in [0.25, 0.3) is 5.56 Å². The third-order valence-corrected chi connectivity index (χ3v) is 9.10. The number of aromatic amines is 1. The van der Waals surface area contributed by atoms with E-state index >= 15 is 4.39 Å². The molecular weight excluding hydrogens is 450 g/mol. The zero-order chi connectivity index (χ0) is 22.1. The molecule has 0 radical (unpaired) electrons.